The molecule has 16 heavy (non-hydrogen) atoms. The van der Waals surface area contributed by atoms with Crippen molar-refractivity contribution in [2.24, 2.45) is 0 Å². The number of Topliss-reactive ketones (excluding diaryl/α,β-unsaturated/α-hetero) is 1. The standard InChI is InChI=1S/C12H16O4/c1-3-15-7-9-5-11(13)6-10(12(9)14)8-16-4-2/h5-6H,3-4,7-8H2,1-2H3. The van der Waals surface area contributed by atoms with Crippen LogP contribution in [0.1, 0.15) is 13.8 Å². The van der Waals surface area contributed by atoms with Crippen LogP contribution in [-0.2, 0) is 19.1 Å². The van der Waals surface area contributed by atoms with Gasteiger partial charge in [-0.15, -0.1) is 0 Å². The predicted molar refractivity (Wildman–Crippen MR) is 59.2 cm³/mol. The normalized spacial score (nSPS) is 16.1. The minimum absolute atomic E-state index is 0.151. The van der Waals surface area contributed by atoms with Crippen molar-refractivity contribution in [1.29, 1.82) is 0 Å². The third kappa shape index (κ3) is 3.40. The first-order valence-electron chi connectivity index (χ1n) is 5.34. The minimum Gasteiger partial charge on any atom is -0.377 e. The molecular weight excluding hydrogens is 208 g/mol. The van der Waals surface area contributed by atoms with Crippen LogP contribution >= 0.6 is 0 Å². The van der Waals surface area contributed by atoms with E-state index in [1.54, 1.807) is 0 Å². The van der Waals surface area contributed by atoms with Gasteiger partial charge in [0, 0.05) is 24.4 Å². The average Bonchev–Trinajstić information content (AvgIpc) is 2.28. The van der Waals surface area contributed by atoms with E-state index in [0.717, 1.165) is 0 Å². The zero-order valence-electron chi connectivity index (χ0n) is 9.62. The SMILES string of the molecule is CCOCC1=CC(=O)C=C(COCC)C1=O. The molecule has 0 saturated heterocycles. The molecule has 1 aliphatic rings. The molecule has 0 bridgehead atoms. The van der Waals surface area contributed by atoms with Gasteiger partial charge in [-0.2, -0.15) is 0 Å². The van der Waals surface area contributed by atoms with Gasteiger partial charge in [0.1, 0.15) is 0 Å². The topological polar surface area (TPSA) is 52.6 Å². The molecule has 0 aromatic heterocycles. The van der Waals surface area contributed by atoms with Crippen molar-refractivity contribution in [1.82, 2.24) is 0 Å². The number of carbonyl (C=O) groups excluding carboxylic acids is 2. The molecule has 0 aliphatic heterocycles. The number of hydrogen-bond donors (Lipinski definition) is 0. The summed E-state index contributed by atoms with van der Waals surface area (Å²) in [6.45, 7) is 5.08. The Balaban J connectivity index is 2.68. The van der Waals surface area contributed by atoms with E-state index in [1.807, 2.05) is 13.8 Å². The van der Waals surface area contributed by atoms with Crippen molar-refractivity contribution < 1.29 is 19.1 Å². The fourth-order valence-electron chi connectivity index (χ4n) is 1.36. The van der Waals surface area contributed by atoms with Crippen molar-refractivity contribution in [3.63, 3.8) is 0 Å². The first-order valence-corrected chi connectivity index (χ1v) is 5.34. The molecule has 0 N–H and O–H groups in total. The molecule has 88 valence electrons. The van der Waals surface area contributed by atoms with Crippen LogP contribution in [0, 0.1) is 0 Å². The maximum atomic E-state index is 11.8. The summed E-state index contributed by atoms with van der Waals surface area (Å²) in [4.78, 5) is 23.2. The Morgan fingerprint density at radius 1 is 0.938 bits per heavy atom. The monoisotopic (exact) mass is 224 g/mol. The van der Waals surface area contributed by atoms with Gasteiger partial charge in [-0.25, -0.2) is 0 Å². The summed E-state index contributed by atoms with van der Waals surface area (Å²) in [6.07, 6.45) is 2.65. The van der Waals surface area contributed by atoms with Gasteiger partial charge < -0.3 is 9.47 Å². The Hall–Kier alpha value is -1.26. The van der Waals surface area contributed by atoms with Crippen LogP contribution in [0.15, 0.2) is 23.3 Å². The molecule has 1 rings (SSSR count). The van der Waals surface area contributed by atoms with Crippen molar-refractivity contribution in [2.75, 3.05) is 26.4 Å². The lowest BCUT2D eigenvalue weighted by Gasteiger charge is -2.13. The van der Waals surface area contributed by atoms with Crippen LogP contribution in [0.25, 0.3) is 0 Å². The first kappa shape index (κ1) is 12.8. The number of allylic oxidation sites excluding steroid dienone is 2. The van der Waals surface area contributed by atoms with E-state index in [1.165, 1.54) is 12.2 Å². The van der Waals surface area contributed by atoms with Crippen LogP contribution in [0.2, 0.25) is 0 Å². The average molecular weight is 224 g/mol. The second kappa shape index (κ2) is 6.35. The number of ketones is 2. The number of ether oxygens (including phenoxy) is 2. The molecule has 0 radical (unpaired) electrons. The summed E-state index contributed by atoms with van der Waals surface area (Å²) in [7, 11) is 0. The maximum absolute atomic E-state index is 11.8. The summed E-state index contributed by atoms with van der Waals surface area (Å²) in [6, 6.07) is 0. The molecule has 0 heterocycles. The van der Waals surface area contributed by atoms with Crippen molar-refractivity contribution in [2.45, 2.75) is 13.8 Å². The van der Waals surface area contributed by atoms with Crippen LogP contribution in [-0.4, -0.2) is 38.0 Å². The smallest absolute Gasteiger partial charge is 0.189 e. The molecule has 0 aromatic rings. The molecule has 1 aliphatic carbocycles. The summed E-state index contributed by atoms with van der Waals surface area (Å²) < 4.78 is 10.3. The molecule has 0 saturated carbocycles. The van der Waals surface area contributed by atoms with Crippen molar-refractivity contribution in [3.8, 4) is 0 Å². The van der Waals surface area contributed by atoms with E-state index in [2.05, 4.69) is 0 Å². The molecule has 0 atom stereocenters. The molecular formula is C12H16O4. The van der Waals surface area contributed by atoms with Gasteiger partial charge in [0.15, 0.2) is 11.6 Å². The van der Waals surface area contributed by atoms with Gasteiger partial charge in [0.05, 0.1) is 13.2 Å². The summed E-state index contributed by atoms with van der Waals surface area (Å²) in [5, 5.41) is 0. The molecule has 0 aromatic carbocycles. The predicted octanol–water partition coefficient (Wildman–Crippen LogP) is 1.06. The van der Waals surface area contributed by atoms with Crippen LogP contribution in [0.3, 0.4) is 0 Å². The molecule has 0 fully saturated rings. The fraction of sp³-hybridized carbons (Fsp3) is 0.500. The summed E-state index contributed by atoms with van der Waals surface area (Å²) in [5.74, 6) is -0.328. The third-order valence-corrected chi connectivity index (χ3v) is 2.14. The highest BCUT2D eigenvalue weighted by atomic mass is 16.5. The lowest BCUT2D eigenvalue weighted by Crippen LogP contribution is -2.20. The van der Waals surface area contributed by atoms with Crippen molar-refractivity contribution in [3.05, 3.63) is 23.3 Å². The van der Waals surface area contributed by atoms with Crippen molar-refractivity contribution >= 4 is 11.6 Å². The quantitative estimate of drug-likeness (QED) is 0.633. The zero-order valence-corrected chi connectivity index (χ0v) is 9.62. The molecule has 0 amide bonds. The minimum atomic E-state index is -0.177. The highest BCUT2D eigenvalue weighted by Gasteiger charge is 2.21. The highest BCUT2D eigenvalue weighted by molar-refractivity contribution is 6.20. The van der Waals surface area contributed by atoms with Gasteiger partial charge in [-0.05, 0) is 26.0 Å². The Kier molecular flexibility index (Phi) is 5.08. The second-order valence-corrected chi connectivity index (χ2v) is 3.34. The third-order valence-electron chi connectivity index (χ3n) is 2.14. The largest absolute Gasteiger partial charge is 0.377 e. The number of carbonyl (C=O) groups is 2. The Morgan fingerprint density at radius 2 is 1.38 bits per heavy atom. The fourth-order valence-corrected chi connectivity index (χ4v) is 1.36. The van der Waals surface area contributed by atoms with E-state index >= 15 is 0 Å². The Labute approximate surface area is 94.9 Å². The lowest BCUT2D eigenvalue weighted by molar-refractivity contribution is -0.116. The number of rotatable bonds is 6. The molecule has 0 spiro atoms. The van der Waals surface area contributed by atoms with Gasteiger partial charge in [-0.1, -0.05) is 0 Å². The molecule has 0 unspecified atom stereocenters. The Morgan fingerprint density at radius 3 is 1.75 bits per heavy atom. The van der Waals surface area contributed by atoms with Crippen LogP contribution in [0.5, 0.6) is 0 Å². The Bertz CT molecular complexity index is 309. The van der Waals surface area contributed by atoms with E-state index in [-0.39, 0.29) is 24.8 Å². The van der Waals surface area contributed by atoms with E-state index in [0.29, 0.717) is 24.4 Å². The highest BCUT2D eigenvalue weighted by Crippen LogP contribution is 2.13. The molecule has 4 nitrogen and oxygen atoms in total. The number of hydrogen-bond acceptors (Lipinski definition) is 4. The van der Waals surface area contributed by atoms with E-state index in [9.17, 15) is 9.59 Å². The van der Waals surface area contributed by atoms with E-state index in [4.69, 9.17) is 9.47 Å². The van der Waals surface area contributed by atoms with Gasteiger partial charge in [0.25, 0.3) is 0 Å². The molecule has 4 heteroatoms. The van der Waals surface area contributed by atoms with Gasteiger partial charge in [-0.3, -0.25) is 9.59 Å². The van der Waals surface area contributed by atoms with Gasteiger partial charge >= 0.3 is 0 Å². The van der Waals surface area contributed by atoms with Crippen LogP contribution in [0.4, 0.5) is 0 Å². The zero-order chi connectivity index (χ0) is 12.0. The lowest BCUT2D eigenvalue weighted by atomic mass is 9.97. The summed E-state index contributed by atoms with van der Waals surface area (Å²) in [5.41, 5.74) is 0.813. The van der Waals surface area contributed by atoms with Crippen LogP contribution < -0.4 is 0 Å². The maximum Gasteiger partial charge on any atom is 0.189 e. The first-order chi connectivity index (χ1) is 7.69. The van der Waals surface area contributed by atoms with E-state index < -0.39 is 0 Å². The van der Waals surface area contributed by atoms with Gasteiger partial charge in [0.2, 0.25) is 0 Å². The second-order valence-electron chi connectivity index (χ2n) is 3.34. The summed E-state index contributed by atoms with van der Waals surface area (Å²) >= 11 is 0.